The maximum atomic E-state index is 10.8. The summed E-state index contributed by atoms with van der Waals surface area (Å²) in [5, 5.41) is 0. The van der Waals surface area contributed by atoms with Crippen molar-refractivity contribution in [3.8, 4) is 0 Å². The molecule has 1 heterocycles. The number of aromatic nitrogens is 1. The van der Waals surface area contributed by atoms with E-state index in [9.17, 15) is 4.04 Å². The zero-order valence-electron chi connectivity index (χ0n) is 8.00. The molecule has 0 amide bonds. The third-order valence-electron chi connectivity index (χ3n) is 1.22. The second-order valence-corrected chi connectivity index (χ2v) is 3.47. The number of pyridine rings is 1. The molecule has 0 radical (unpaired) electrons. The first-order valence-electron chi connectivity index (χ1n) is 3.96. The van der Waals surface area contributed by atoms with Gasteiger partial charge in [0.25, 0.3) is 0 Å². The Morgan fingerprint density at radius 3 is 2.25 bits per heavy atom. The van der Waals surface area contributed by atoms with E-state index >= 15 is 0 Å². The third kappa shape index (κ3) is 3.74. The number of rotatable bonds is 0. The number of nitrogens with zero attached hydrogens (tertiary/aromatic N) is 1. The Morgan fingerprint density at radius 2 is 1.92 bits per heavy atom. The van der Waals surface area contributed by atoms with E-state index < -0.39 is 10.6 Å². The van der Waals surface area contributed by atoms with Gasteiger partial charge in [0.2, 0.25) is 0 Å². The van der Waals surface area contributed by atoms with Crippen molar-refractivity contribution in [2.45, 2.75) is 25.7 Å². The van der Waals surface area contributed by atoms with Gasteiger partial charge in [-0.3, -0.25) is 0 Å². The summed E-state index contributed by atoms with van der Waals surface area (Å²) in [6.45, 7) is 5.91. The van der Waals surface area contributed by atoms with E-state index in [0.29, 0.717) is 0 Å². The van der Waals surface area contributed by atoms with Gasteiger partial charge in [-0.25, -0.2) is 0 Å². The molecule has 0 aliphatic heterocycles. The van der Waals surface area contributed by atoms with Gasteiger partial charge >= 0.3 is 61.8 Å². The SMILES string of the molecule is CC.Cc1ccc([S-](C)#[O+])cn1. The molecule has 0 atom stereocenters. The van der Waals surface area contributed by atoms with Crippen LogP contribution in [0.25, 0.3) is 0 Å². The molecular formula is C9H15NOS. The molecule has 0 saturated heterocycles. The van der Waals surface area contributed by atoms with E-state index in [4.69, 9.17) is 0 Å². The van der Waals surface area contributed by atoms with Crippen molar-refractivity contribution in [1.29, 1.82) is 0 Å². The fraction of sp³-hybridized carbons (Fsp3) is 0.444. The predicted octanol–water partition coefficient (Wildman–Crippen LogP) is 2.37. The standard InChI is InChI=1S/C7H9NOS.C2H6/c1-6-3-4-7(5-8-6)10(2)9;1-2/h3-5H,1-2H3;1-2H3. The predicted molar refractivity (Wildman–Crippen MR) is 52.6 cm³/mol. The Labute approximate surface area is 76.2 Å². The molecule has 0 aromatic carbocycles. The van der Waals surface area contributed by atoms with E-state index in [-0.39, 0.29) is 0 Å². The van der Waals surface area contributed by atoms with Crippen LogP contribution in [0.3, 0.4) is 0 Å². The van der Waals surface area contributed by atoms with Crippen molar-refractivity contribution in [3.63, 3.8) is 0 Å². The van der Waals surface area contributed by atoms with Gasteiger partial charge in [-0.1, -0.05) is 13.8 Å². The van der Waals surface area contributed by atoms with Crippen LogP contribution in [0.2, 0.25) is 0 Å². The van der Waals surface area contributed by atoms with Gasteiger partial charge in [-0.15, -0.1) is 0 Å². The molecule has 0 fully saturated rings. The van der Waals surface area contributed by atoms with Crippen LogP contribution in [0, 0.1) is 6.92 Å². The van der Waals surface area contributed by atoms with Gasteiger partial charge in [0.15, 0.2) is 0 Å². The number of aryl methyl sites for hydroxylation is 1. The summed E-state index contributed by atoms with van der Waals surface area (Å²) in [6.07, 6.45) is 3.29. The molecule has 1 rings (SSSR count). The van der Waals surface area contributed by atoms with Gasteiger partial charge in [0.1, 0.15) is 0 Å². The summed E-state index contributed by atoms with van der Waals surface area (Å²) >= 11 is 0. The molecule has 12 heavy (non-hydrogen) atoms. The zero-order chi connectivity index (χ0) is 9.56. The topological polar surface area (TPSA) is 32.8 Å². The molecule has 0 spiro atoms. The van der Waals surface area contributed by atoms with Crippen molar-refractivity contribution in [2.75, 3.05) is 6.26 Å². The summed E-state index contributed by atoms with van der Waals surface area (Å²) in [5.74, 6) is 0. The first-order valence-corrected chi connectivity index (χ1v) is 5.52. The monoisotopic (exact) mass is 185 g/mol. The van der Waals surface area contributed by atoms with Crippen LogP contribution in [0.4, 0.5) is 0 Å². The third-order valence-corrected chi connectivity index (χ3v) is 2.12. The fourth-order valence-corrected chi connectivity index (χ4v) is 1.09. The normalized spacial score (nSPS) is 9.00. The molecule has 0 unspecified atom stereocenters. The molecule has 2 nitrogen and oxygen atoms in total. The van der Waals surface area contributed by atoms with Gasteiger partial charge in [-0.05, 0) is 0 Å². The second kappa shape index (κ2) is 6.03. The zero-order valence-corrected chi connectivity index (χ0v) is 8.81. The second-order valence-electron chi connectivity index (χ2n) is 2.09. The quantitative estimate of drug-likeness (QED) is 0.451. The molecule has 1 aromatic rings. The Morgan fingerprint density at radius 1 is 1.33 bits per heavy atom. The fourth-order valence-electron chi connectivity index (χ4n) is 0.624. The maximum absolute atomic E-state index is 10.8. The van der Waals surface area contributed by atoms with Crippen LogP contribution < -0.4 is 0 Å². The Hall–Kier alpha value is -0.540. The summed E-state index contributed by atoms with van der Waals surface area (Å²) < 4.78 is 10.8. The van der Waals surface area contributed by atoms with Crippen molar-refractivity contribution in [3.05, 3.63) is 24.0 Å². The molecule has 0 aliphatic rings. The Kier molecular flexibility index (Phi) is 5.76. The minimum atomic E-state index is -0.900. The van der Waals surface area contributed by atoms with E-state index in [1.807, 2.05) is 32.9 Å². The Balaban J connectivity index is 0.000000561. The average molecular weight is 185 g/mol. The van der Waals surface area contributed by atoms with E-state index in [2.05, 4.69) is 4.98 Å². The first-order chi connectivity index (χ1) is 5.70. The van der Waals surface area contributed by atoms with Crippen molar-refractivity contribution in [1.82, 2.24) is 4.98 Å². The molecule has 0 saturated carbocycles. The molecule has 1 aromatic heterocycles. The van der Waals surface area contributed by atoms with Crippen LogP contribution in [0.15, 0.2) is 23.2 Å². The summed E-state index contributed by atoms with van der Waals surface area (Å²) in [6, 6.07) is 3.69. The van der Waals surface area contributed by atoms with Crippen LogP contribution >= 0.6 is 0 Å². The molecular weight excluding hydrogens is 170 g/mol. The molecule has 0 N–H and O–H groups in total. The van der Waals surface area contributed by atoms with Crippen molar-refractivity contribution in [2.24, 2.45) is 0 Å². The van der Waals surface area contributed by atoms with Gasteiger partial charge < -0.3 is 0 Å². The van der Waals surface area contributed by atoms with Crippen LogP contribution in [0.1, 0.15) is 19.5 Å². The van der Waals surface area contributed by atoms with E-state index in [1.54, 1.807) is 12.5 Å². The van der Waals surface area contributed by atoms with E-state index in [0.717, 1.165) is 10.6 Å². The minimum absolute atomic E-state index is 0.783. The number of hydrogen-bond donors (Lipinski definition) is 0. The summed E-state index contributed by atoms with van der Waals surface area (Å²) in [5.41, 5.74) is 0.953. The first kappa shape index (κ1) is 11.5. The summed E-state index contributed by atoms with van der Waals surface area (Å²) in [7, 11) is -0.900. The van der Waals surface area contributed by atoms with Crippen LogP contribution in [-0.4, -0.2) is 11.2 Å². The molecule has 68 valence electrons. The molecule has 0 bridgehead atoms. The van der Waals surface area contributed by atoms with Crippen LogP contribution in [0.5, 0.6) is 0 Å². The van der Waals surface area contributed by atoms with Gasteiger partial charge in [-0.2, -0.15) is 0 Å². The molecule has 0 aliphatic carbocycles. The number of hydrogen-bond acceptors (Lipinski definition) is 2. The Bertz CT molecular complexity index is 284. The van der Waals surface area contributed by atoms with Crippen molar-refractivity contribution < 1.29 is 4.04 Å². The van der Waals surface area contributed by atoms with Gasteiger partial charge in [0.05, 0.1) is 0 Å². The van der Waals surface area contributed by atoms with Crippen LogP contribution in [-0.2, 0) is 14.7 Å². The summed E-state index contributed by atoms with van der Waals surface area (Å²) in [4.78, 5) is 4.79. The van der Waals surface area contributed by atoms with Crippen molar-refractivity contribution >= 4 is 10.6 Å². The van der Waals surface area contributed by atoms with E-state index in [1.165, 1.54) is 0 Å². The average Bonchev–Trinajstić information content (AvgIpc) is 2.09. The molecule has 3 heteroatoms. The van der Waals surface area contributed by atoms with Gasteiger partial charge in [0, 0.05) is 0 Å².